The van der Waals surface area contributed by atoms with E-state index < -0.39 is 12.1 Å². The molecule has 1 unspecified atom stereocenters. The van der Waals surface area contributed by atoms with Gasteiger partial charge >= 0.3 is 17.9 Å². The van der Waals surface area contributed by atoms with Gasteiger partial charge in [-0.2, -0.15) is 0 Å². The van der Waals surface area contributed by atoms with Crippen molar-refractivity contribution in [3.05, 3.63) is 72.9 Å². The molecule has 6 nitrogen and oxygen atoms in total. The van der Waals surface area contributed by atoms with Gasteiger partial charge in [0.05, 0.1) is 0 Å². The molecule has 0 radical (unpaired) electrons. The molecule has 0 aromatic rings. The molecule has 0 heterocycles. The van der Waals surface area contributed by atoms with Crippen molar-refractivity contribution in [3.63, 3.8) is 0 Å². The van der Waals surface area contributed by atoms with Crippen LogP contribution < -0.4 is 0 Å². The molecule has 6 heteroatoms. The lowest BCUT2D eigenvalue weighted by Crippen LogP contribution is -2.30. The van der Waals surface area contributed by atoms with Gasteiger partial charge in [-0.25, -0.2) is 0 Å². The molecule has 0 N–H and O–H groups in total. The Morgan fingerprint density at radius 3 is 0.985 bits per heavy atom. The molecule has 0 saturated heterocycles. The largest absolute Gasteiger partial charge is 0.462 e. The quantitative estimate of drug-likeness (QED) is 0.0262. The molecule has 0 aliphatic rings. The van der Waals surface area contributed by atoms with E-state index in [0.717, 1.165) is 70.6 Å². The van der Waals surface area contributed by atoms with Crippen LogP contribution in [0.4, 0.5) is 0 Å². The smallest absolute Gasteiger partial charge is 0.306 e. The lowest BCUT2D eigenvalue weighted by atomic mass is 10.0. The Bertz CT molecular complexity index is 1240. The van der Waals surface area contributed by atoms with E-state index in [1.165, 1.54) is 154 Å². The molecule has 0 rings (SSSR count). The third-order valence-corrected chi connectivity index (χ3v) is 12.0. The van der Waals surface area contributed by atoms with Crippen LogP contribution in [-0.4, -0.2) is 37.2 Å². The summed E-state index contributed by atoms with van der Waals surface area (Å²) in [4.78, 5) is 37.7. The van der Waals surface area contributed by atoms with Gasteiger partial charge in [-0.05, 0) is 77.0 Å². The average Bonchev–Trinajstić information content (AvgIpc) is 3.31. The second-order valence-corrected chi connectivity index (χ2v) is 18.5. The highest BCUT2D eigenvalue weighted by Crippen LogP contribution is 2.16. The van der Waals surface area contributed by atoms with Gasteiger partial charge in [0.2, 0.25) is 0 Å². The van der Waals surface area contributed by atoms with Crippen molar-refractivity contribution in [1.29, 1.82) is 0 Å². The van der Waals surface area contributed by atoms with Crippen molar-refractivity contribution < 1.29 is 28.6 Å². The summed E-state index contributed by atoms with van der Waals surface area (Å²) in [5.41, 5.74) is 0. The van der Waals surface area contributed by atoms with Gasteiger partial charge < -0.3 is 14.2 Å². The monoisotopic (exact) mass is 921 g/mol. The summed E-state index contributed by atoms with van der Waals surface area (Å²) >= 11 is 0. The second kappa shape index (κ2) is 54.5. The lowest BCUT2D eigenvalue weighted by Gasteiger charge is -2.18. The molecule has 0 aromatic heterocycles. The molecule has 0 aliphatic carbocycles. The van der Waals surface area contributed by atoms with Gasteiger partial charge in [0.1, 0.15) is 13.2 Å². The van der Waals surface area contributed by atoms with Crippen LogP contribution >= 0.6 is 0 Å². The maximum Gasteiger partial charge on any atom is 0.306 e. The first-order chi connectivity index (χ1) is 32.5. The van der Waals surface area contributed by atoms with Crippen molar-refractivity contribution in [2.24, 2.45) is 0 Å². The van der Waals surface area contributed by atoms with Crippen molar-refractivity contribution in [1.82, 2.24) is 0 Å². The molecule has 0 fully saturated rings. The molecule has 0 saturated carbocycles. The molecule has 1 atom stereocenters. The predicted molar refractivity (Wildman–Crippen MR) is 284 cm³/mol. The normalized spacial score (nSPS) is 12.6. The first kappa shape index (κ1) is 62.8. The topological polar surface area (TPSA) is 78.9 Å². The van der Waals surface area contributed by atoms with Gasteiger partial charge in [0.15, 0.2) is 6.10 Å². The zero-order chi connectivity index (χ0) is 47.9. The number of allylic oxidation sites excluding steroid dienone is 12. The fourth-order valence-corrected chi connectivity index (χ4v) is 7.78. The number of hydrogen-bond acceptors (Lipinski definition) is 6. The predicted octanol–water partition coefficient (Wildman–Crippen LogP) is 18.6. The Morgan fingerprint density at radius 1 is 0.318 bits per heavy atom. The summed E-state index contributed by atoms with van der Waals surface area (Å²) in [5, 5.41) is 0. The van der Waals surface area contributed by atoms with Crippen molar-refractivity contribution in [2.45, 2.75) is 277 Å². The van der Waals surface area contributed by atoms with E-state index in [2.05, 4.69) is 81.5 Å². The summed E-state index contributed by atoms with van der Waals surface area (Å²) < 4.78 is 16.6. The van der Waals surface area contributed by atoms with Gasteiger partial charge in [-0.3, -0.25) is 14.4 Å². The van der Waals surface area contributed by atoms with Gasteiger partial charge in [-0.15, -0.1) is 0 Å². The third-order valence-electron chi connectivity index (χ3n) is 12.0. The molecule has 380 valence electrons. The lowest BCUT2D eigenvalue weighted by molar-refractivity contribution is -0.166. The molecule has 0 aromatic carbocycles. The number of esters is 3. The summed E-state index contributed by atoms with van der Waals surface area (Å²) in [6.07, 6.45) is 69.6. The van der Waals surface area contributed by atoms with Crippen molar-refractivity contribution >= 4 is 17.9 Å². The molecule has 0 bridgehead atoms. The van der Waals surface area contributed by atoms with E-state index in [-0.39, 0.29) is 31.6 Å². The Morgan fingerprint density at radius 2 is 0.621 bits per heavy atom. The van der Waals surface area contributed by atoms with E-state index in [9.17, 15) is 14.4 Å². The standard InChI is InChI=1S/C60H104O6/c1-4-7-10-13-16-18-20-22-23-24-25-26-27-28-29-30-31-32-33-34-35-36-37-39-40-42-44-47-50-53-59(62)65-56-57(55-64-58(61)52-49-46-15-12-9-6-3)66-60(63)54-51-48-45-43-41-38-21-19-17-14-11-8-5-2/h8,11,17,19-20,22,24-25,38,41,45,48,57H,4-7,9-10,12-16,18,21,23,26-37,39-40,42-44,46-47,49-56H2,1-3H3/b11-8-,19-17-,22-20-,25-24-,41-38-,48-45-. The molecular weight excluding hydrogens is 817 g/mol. The minimum Gasteiger partial charge on any atom is -0.462 e. The van der Waals surface area contributed by atoms with E-state index >= 15 is 0 Å². The molecule has 66 heavy (non-hydrogen) atoms. The zero-order valence-electron chi connectivity index (χ0n) is 43.4. The Labute approximate surface area is 408 Å². The minimum absolute atomic E-state index is 0.102. The van der Waals surface area contributed by atoms with Gasteiger partial charge in [-0.1, -0.05) is 248 Å². The van der Waals surface area contributed by atoms with Crippen LogP contribution in [0.5, 0.6) is 0 Å². The first-order valence-corrected chi connectivity index (χ1v) is 27.9. The summed E-state index contributed by atoms with van der Waals surface area (Å²) in [7, 11) is 0. The maximum atomic E-state index is 12.7. The molecule has 0 aliphatic heterocycles. The zero-order valence-corrected chi connectivity index (χ0v) is 43.4. The Kier molecular flexibility index (Phi) is 51.9. The molecule has 0 amide bonds. The third kappa shape index (κ3) is 51.8. The SMILES string of the molecule is CC/C=C\C/C=C\C/C=C\C/C=C\CCC(=O)OC(COC(=O)CCCCCCCC)COC(=O)CCCCCCCCCCCCCCCCCCC/C=C\C/C=C\CCCCCCC. The number of carbonyl (C=O) groups is 3. The molecule has 0 spiro atoms. The van der Waals surface area contributed by atoms with Crippen LogP contribution in [0.1, 0.15) is 271 Å². The minimum atomic E-state index is -0.808. The van der Waals surface area contributed by atoms with Crippen LogP contribution in [0.15, 0.2) is 72.9 Å². The number of unbranched alkanes of at least 4 members (excludes halogenated alkanes) is 27. The fraction of sp³-hybridized carbons (Fsp3) is 0.750. The summed E-state index contributed by atoms with van der Waals surface area (Å²) in [6, 6.07) is 0. The highest BCUT2D eigenvalue weighted by Gasteiger charge is 2.19. The fourth-order valence-electron chi connectivity index (χ4n) is 7.78. The molecular formula is C60H104O6. The van der Waals surface area contributed by atoms with Crippen LogP contribution in [0.25, 0.3) is 0 Å². The van der Waals surface area contributed by atoms with E-state index in [4.69, 9.17) is 14.2 Å². The van der Waals surface area contributed by atoms with Crippen molar-refractivity contribution in [2.75, 3.05) is 13.2 Å². The van der Waals surface area contributed by atoms with Crippen LogP contribution in [0.2, 0.25) is 0 Å². The number of carbonyl (C=O) groups excluding carboxylic acids is 3. The summed E-state index contributed by atoms with van der Waals surface area (Å²) in [6.45, 7) is 6.40. The summed E-state index contributed by atoms with van der Waals surface area (Å²) in [5.74, 6) is -0.991. The van der Waals surface area contributed by atoms with Crippen molar-refractivity contribution in [3.8, 4) is 0 Å². The van der Waals surface area contributed by atoms with Crippen LogP contribution in [0, 0.1) is 0 Å². The van der Waals surface area contributed by atoms with E-state index in [1.807, 2.05) is 12.2 Å². The second-order valence-electron chi connectivity index (χ2n) is 18.5. The number of rotatable bonds is 50. The number of ether oxygens (including phenoxy) is 3. The van der Waals surface area contributed by atoms with Gasteiger partial charge in [0.25, 0.3) is 0 Å². The first-order valence-electron chi connectivity index (χ1n) is 27.9. The highest BCUT2D eigenvalue weighted by molar-refractivity contribution is 5.71. The highest BCUT2D eigenvalue weighted by atomic mass is 16.6. The van der Waals surface area contributed by atoms with Crippen LogP contribution in [0.3, 0.4) is 0 Å². The van der Waals surface area contributed by atoms with Gasteiger partial charge in [0, 0.05) is 19.3 Å². The Hall–Kier alpha value is -3.15. The van der Waals surface area contributed by atoms with Crippen LogP contribution in [-0.2, 0) is 28.6 Å². The maximum absolute atomic E-state index is 12.7. The van der Waals surface area contributed by atoms with E-state index in [0.29, 0.717) is 19.3 Å². The average molecular weight is 921 g/mol. The Balaban J connectivity index is 4.05. The number of hydrogen-bond donors (Lipinski definition) is 0. The van der Waals surface area contributed by atoms with E-state index in [1.54, 1.807) is 0 Å².